The third-order valence-corrected chi connectivity index (χ3v) is 7.27. The second-order valence-corrected chi connectivity index (χ2v) is 9.84. The van der Waals surface area contributed by atoms with Gasteiger partial charge in [-0.3, -0.25) is 4.98 Å². The van der Waals surface area contributed by atoms with E-state index >= 15 is 0 Å². The van der Waals surface area contributed by atoms with E-state index in [1.54, 1.807) is 0 Å². The highest BCUT2D eigenvalue weighted by atomic mass is 35.5. The van der Waals surface area contributed by atoms with Gasteiger partial charge in [-0.25, -0.2) is 0 Å². The molecule has 1 aliphatic rings. The molecular formula is C29H29ClN4OS. The smallest absolute Gasteiger partial charge is 0.174 e. The molecule has 5 nitrogen and oxygen atoms in total. The Hall–Kier alpha value is -3.35. The second kappa shape index (κ2) is 9.96. The van der Waals surface area contributed by atoms with Gasteiger partial charge in [0.05, 0.1) is 24.4 Å². The molecule has 1 N–H and O–H groups in total. The minimum atomic E-state index is -0.111. The Kier molecular flexibility index (Phi) is 6.73. The van der Waals surface area contributed by atoms with Crippen LogP contribution in [-0.2, 0) is 0 Å². The van der Waals surface area contributed by atoms with E-state index in [1.165, 1.54) is 5.56 Å². The Morgan fingerprint density at radius 1 is 1.03 bits per heavy atom. The number of ether oxygens (including phenoxy) is 1. The Bertz CT molecular complexity index is 1400. The molecule has 2 aromatic carbocycles. The maximum absolute atomic E-state index is 6.40. The number of hydrogen-bond donors (Lipinski definition) is 1. The Morgan fingerprint density at radius 3 is 2.50 bits per heavy atom. The van der Waals surface area contributed by atoms with E-state index in [4.69, 9.17) is 28.6 Å². The first-order valence-corrected chi connectivity index (χ1v) is 12.9. The zero-order chi connectivity index (χ0) is 25.4. The van der Waals surface area contributed by atoms with Gasteiger partial charge in [-0.1, -0.05) is 23.7 Å². The lowest BCUT2D eigenvalue weighted by Gasteiger charge is -2.28. The van der Waals surface area contributed by atoms with Crippen molar-refractivity contribution < 1.29 is 4.74 Å². The molecule has 4 aromatic rings. The van der Waals surface area contributed by atoms with Crippen LogP contribution in [0.15, 0.2) is 72.9 Å². The molecule has 3 heterocycles. The molecule has 0 radical (unpaired) electrons. The number of nitrogens with zero attached hydrogens (tertiary/aromatic N) is 3. The summed E-state index contributed by atoms with van der Waals surface area (Å²) < 4.78 is 7.95. The fraction of sp³-hybridized carbons (Fsp3) is 0.241. The Morgan fingerprint density at radius 2 is 1.81 bits per heavy atom. The Balaban J connectivity index is 1.66. The van der Waals surface area contributed by atoms with Crippen molar-refractivity contribution >= 4 is 34.6 Å². The number of rotatable bonds is 6. The van der Waals surface area contributed by atoms with Crippen LogP contribution in [0.4, 0.5) is 5.69 Å². The quantitative estimate of drug-likeness (QED) is 0.279. The van der Waals surface area contributed by atoms with Crippen LogP contribution in [0, 0.1) is 20.8 Å². The topological polar surface area (TPSA) is 42.3 Å². The van der Waals surface area contributed by atoms with Crippen LogP contribution in [0.3, 0.4) is 0 Å². The molecule has 1 aliphatic heterocycles. The summed E-state index contributed by atoms with van der Waals surface area (Å²) in [5.74, 6) is 0.840. The first kappa shape index (κ1) is 24.3. The highest BCUT2D eigenvalue weighted by Crippen LogP contribution is 2.44. The molecule has 0 saturated carbocycles. The van der Waals surface area contributed by atoms with Crippen molar-refractivity contribution in [2.75, 3.05) is 11.5 Å². The first-order chi connectivity index (χ1) is 17.4. The van der Waals surface area contributed by atoms with E-state index < -0.39 is 0 Å². The zero-order valence-corrected chi connectivity index (χ0v) is 22.4. The number of benzene rings is 2. The van der Waals surface area contributed by atoms with Crippen LogP contribution in [-0.4, -0.2) is 21.3 Å². The van der Waals surface area contributed by atoms with Crippen molar-refractivity contribution in [3.8, 4) is 11.4 Å². The minimum absolute atomic E-state index is 0.0928. The zero-order valence-electron chi connectivity index (χ0n) is 20.8. The summed E-state index contributed by atoms with van der Waals surface area (Å²) in [4.78, 5) is 6.88. The highest BCUT2D eigenvalue weighted by molar-refractivity contribution is 7.80. The van der Waals surface area contributed by atoms with Crippen molar-refractivity contribution in [1.29, 1.82) is 0 Å². The van der Waals surface area contributed by atoms with Gasteiger partial charge in [0.2, 0.25) is 0 Å². The second-order valence-electron chi connectivity index (χ2n) is 9.02. The molecule has 0 unspecified atom stereocenters. The molecule has 1 saturated heterocycles. The number of pyridine rings is 1. The highest BCUT2D eigenvalue weighted by Gasteiger charge is 2.42. The summed E-state index contributed by atoms with van der Waals surface area (Å²) in [5, 5.41) is 4.94. The molecule has 0 amide bonds. The number of anilines is 1. The standard InChI is InChI=1S/C29H29ClN4OS/c1-5-35-23-13-11-22(12-14-23)34-28(27(32-29(34)36)25-8-6-7-15-31-25)24-16-19(3)33(20(24)4)26-17-21(30)10-9-18(26)2/h6-17,27-28H,5H2,1-4H3,(H,32,36)/t27-,28+/m1/s1. The van der Waals surface area contributed by atoms with Crippen molar-refractivity contribution in [2.45, 2.75) is 39.8 Å². The van der Waals surface area contributed by atoms with Crippen LogP contribution in [0.1, 0.15) is 47.2 Å². The molecule has 7 heteroatoms. The molecular weight excluding hydrogens is 488 g/mol. The predicted molar refractivity (Wildman–Crippen MR) is 151 cm³/mol. The normalized spacial score (nSPS) is 17.4. The number of aryl methyl sites for hydroxylation is 2. The largest absolute Gasteiger partial charge is 0.494 e. The maximum atomic E-state index is 6.40. The van der Waals surface area contributed by atoms with Crippen LogP contribution in [0.25, 0.3) is 5.69 Å². The van der Waals surface area contributed by atoms with Gasteiger partial charge in [0.15, 0.2) is 5.11 Å². The molecule has 2 atom stereocenters. The third-order valence-electron chi connectivity index (χ3n) is 6.73. The van der Waals surface area contributed by atoms with E-state index in [2.05, 4.69) is 70.9 Å². The van der Waals surface area contributed by atoms with Gasteiger partial charge >= 0.3 is 0 Å². The lowest BCUT2D eigenvalue weighted by Crippen LogP contribution is -2.29. The summed E-state index contributed by atoms with van der Waals surface area (Å²) in [6.45, 7) is 9.02. The number of hydrogen-bond acceptors (Lipinski definition) is 3. The van der Waals surface area contributed by atoms with E-state index in [-0.39, 0.29) is 12.1 Å². The van der Waals surface area contributed by atoms with Gasteiger partial charge < -0.3 is 19.5 Å². The molecule has 1 fully saturated rings. The molecule has 36 heavy (non-hydrogen) atoms. The maximum Gasteiger partial charge on any atom is 0.174 e. The molecule has 0 aliphatic carbocycles. The lowest BCUT2D eigenvalue weighted by molar-refractivity contribution is 0.340. The first-order valence-electron chi connectivity index (χ1n) is 12.1. The number of thiocarbonyl (C=S) groups is 1. The van der Waals surface area contributed by atoms with Gasteiger partial charge in [-0.15, -0.1) is 0 Å². The average Bonchev–Trinajstić information content (AvgIpc) is 3.37. The van der Waals surface area contributed by atoms with E-state index in [0.29, 0.717) is 11.7 Å². The molecule has 0 spiro atoms. The average molecular weight is 517 g/mol. The third kappa shape index (κ3) is 4.36. The summed E-state index contributed by atoms with van der Waals surface area (Å²) in [5.41, 5.74) is 7.66. The number of aromatic nitrogens is 2. The van der Waals surface area contributed by atoms with Gasteiger partial charge in [0, 0.05) is 34.0 Å². The molecule has 2 aromatic heterocycles. The van der Waals surface area contributed by atoms with Crippen LogP contribution in [0.2, 0.25) is 5.02 Å². The summed E-state index contributed by atoms with van der Waals surface area (Å²) in [6.07, 6.45) is 1.83. The lowest BCUT2D eigenvalue weighted by atomic mass is 9.96. The van der Waals surface area contributed by atoms with Crippen molar-refractivity contribution in [3.05, 3.63) is 106 Å². The predicted octanol–water partition coefficient (Wildman–Crippen LogP) is 7.03. The van der Waals surface area contributed by atoms with E-state index in [9.17, 15) is 0 Å². The van der Waals surface area contributed by atoms with Crippen molar-refractivity contribution in [1.82, 2.24) is 14.9 Å². The number of halogens is 1. The van der Waals surface area contributed by atoms with Crippen LogP contribution < -0.4 is 15.0 Å². The number of nitrogens with one attached hydrogen (secondary N) is 1. The van der Waals surface area contributed by atoms with E-state index in [0.717, 1.165) is 44.8 Å². The SMILES string of the molecule is CCOc1ccc(N2C(=S)N[C@H](c3ccccn3)[C@@H]2c2cc(C)n(-c3cc(Cl)ccc3C)c2C)cc1. The van der Waals surface area contributed by atoms with E-state index in [1.807, 2.05) is 49.5 Å². The van der Waals surface area contributed by atoms with Crippen LogP contribution in [0.5, 0.6) is 5.75 Å². The van der Waals surface area contributed by atoms with Crippen molar-refractivity contribution in [2.24, 2.45) is 0 Å². The van der Waals surface area contributed by atoms with Gasteiger partial charge in [0.1, 0.15) is 5.75 Å². The Labute approximate surface area is 222 Å². The molecule has 0 bridgehead atoms. The minimum Gasteiger partial charge on any atom is -0.494 e. The fourth-order valence-corrected chi connectivity index (χ4v) is 5.61. The fourth-order valence-electron chi connectivity index (χ4n) is 5.10. The van der Waals surface area contributed by atoms with Gasteiger partial charge in [0.25, 0.3) is 0 Å². The molecule has 5 rings (SSSR count). The summed E-state index contributed by atoms with van der Waals surface area (Å²) in [7, 11) is 0. The van der Waals surface area contributed by atoms with Crippen molar-refractivity contribution in [3.63, 3.8) is 0 Å². The summed E-state index contributed by atoms with van der Waals surface area (Å²) in [6, 6.07) is 22.2. The molecule has 184 valence electrons. The monoisotopic (exact) mass is 516 g/mol. The van der Waals surface area contributed by atoms with Gasteiger partial charge in [-0.2, -0.15) is 0 Å². The summed E-state index contributed by atoms with van der Waals surface area (Å²) >= 11 is 12.3. The van der Waals surface area contributed by atoms with Gasteiger partial charge in [-0.05, 0) is 106 Å². The van der Waals surface area contributed by atoms with Crippen LogP contribution >= 0.6 is 23.8 Å².